The van der Waals surface area contributed by atoms with Crippen LogP contribution >= 0.6 is 0 Å². The monoisotopic (exact) mass is 313 g/mol. The number of aromatic nitrogens is 2. The Morgan fingerprint density at radius 3 is 2.78 bits per heavy atom. The van der Waals surface area contributed by atoms with Crippen molar-refractivity contribution in [2.24, 2.45) is 7.05 Å². The van der Waals surface area contributed by atoms with E-state index in [-0.39, 0.29) is 17.5 Å². The molecule has 1 aliphatic carbocycles. The van der Waals surface area contributed by atoms with Gasteiger partial charge in [-0.15, -0.1) is 0 Å². The lowest BCUT2D eigenvalue weighted by Gasteiger charge is -2.24. The number of carbonyl (C=O) groups is 2. The van der Waals surface area contributed by atoms with Crippen molar-refractivity contribution < 1.29 is 14.7 Å². The summed E-state index contributed by atoms with van der Waals surface area (Å²) in [5, 5.41) is 16.4. The van der Waals surface area contributed by atoms with E-state index in [0.29, 0.717) is 5.56 Å². The summed E-state index contributed by atoms with van der Waals surface area (Å²) in [7, 11) is 1.91. The maximum absolute atomic E-state index is 12.5. The van der Waals surface area contributed by atoms with Crippen molar-refractivity contribution in [3.8, 4) is 0 Å². The molecule has 0 saturated carbocycles. The van der Waals surface area contributed by atoms with Gasteiger partial charge in [0.05, 0.1) is 17.8 Å². The number of amides is 1. The molecule has 1 amide bonds. The molecule has 0 fully saturated rings. The van der Waals surface area contributed by atoms with Crippen molar-refractivity contribution in [2.75, 3.05) is 0 Å². The molecule has 1 atom stereocenters. The highest BCUT2D eigenvalue weighted by Gasteiger charge is 2.25. The number of benzene rings is 1. The van der Waals surface area contributed by atoms with Gasteiger partial charge in [0.15, 0.2) is 0 Å². The number of aryl methyl sites for hydroxylation is 2. The Labute approximate surface area is 134 Å². The van der Waals surface area contributed by atoms with Gasteiger partial charge in [-0.2, -0.15) is 5.10 Å². The molecule has 1 heterocycles. The van der Waals surface area contributed by atoms with Crippen LogP contribution in [-0.2, 0) is 13.5 Å². The van der Waals surface area contributed by atoms with Crippen LogP contribution < -0.4 is 5.32 Å². The van der Waals surface area contributed by atoms with Crippen molar-refractivity contribution in [1.29, 1.82) is 0 Å². The SMILES string of the molecule is Cc1cc(C(=O)O)cc(C(=O)NC2CCCc3c2cnn3C)c1. The normalized spacial score (nSPS) is 16.7. The fourth-order valence-corrected chi connectivity index (χ4v) is 3.14. The first-order valence-electron chi connectivity index (χ1n) is 7.62. The molecule has 120 valence electrons. The molecule has 6 heteroatoms. The lowest BCUT2D eigenvalue weighted by atomic mass is 9.92. The van der Waals surface area contributed by atoms with E-state index < -0.39 is 5.97 Å². The molecule has 2 N–H and O–H groups in total. The van der Waals surface area contributed by atoms with Gasteiger partial charge in [-0.25, -0.2) is 4.79 Å². The number of hydrogen-bond acceptors (Lipinski definition) is 3. The molecule has 1 unspecified atom stereocenters. The summed E-state index contributed by atoms with van der Waals surface area (Å²) in [6, 6.07) is 4.60. The molecule has 0 radical (unpaired) electrons. The van der Waals surface area contributed by atoms with Crippen LogP contribution in [-0.4, -0.2) is 26.8 Å². The van der Waals surface area contributed by atoms with E-state index in [4.69, 9.17) is 5.11 Å². The number of carboxylic acids is 1. The minimum atomic E-state index is -1.03. The molecule has 1 aliphatic rings. The van der Waals surface area contributed by atoms with Gasteiger partial charge in [-0.05, 0) is 49.9 Å². The summed E-state index contributed by atoms with van der Waals surface area (Å²) in [5.41, 5.74) is 3.45. The average Bonchev–Trinajstić information content (AvgIpc) is 2.89. The molecular weight excluding hydrogens is 294 g/mol. The zero-order valence-electron chi connectivity index (χ0n) is 13.2. The molecular formula is C17H19N3O3. The number of nitrogens with one attached hydrogen (secondary N) is 1. The summed E-state index contributed by atoms with van der Waals surface area (Å²) in [6.07, 6.45) is 4.62. The molecule has 1 aromatic carbocycles. The van der Waals surface area contributed by atoms with Crippen LogP contribution in [0.5, 0.6) is 0 Å². The summed E-state index contributed by atoms with van der Waals surface area (Å²) < 4.78 is 1.85. The average molecular weight is 313 g/mol. The molecule has 2 aromatic rings. The quantitative estimate of drug-likeness (QED) is 0.910. The zero-order valence-corrected chi connectivity index (χ0v) is 13.2. The van der Waals surface area contributed by atoms with E-state index >= 15 is 0 Å². The molecule has 0 aliphatic heterocycles. The summed E-state index contributed by atoms with van der Waals surface area (Å²) in [4.78, 5) is 23.7. The Bertz CT molecular complexity index is 779. The summed E-state index contributed by atoms with van der Waals surface area (Å²) in [5.74, 6) is -1.28. The van der Waals surface area contributed by atoms with Gasteiger partial charge in [-0.1, -0.05) is 0 Å². The molecule has 1 aromatic heterocycles. The number of fused-ring (bicyclic) bond motifs is 1. The van der Waals surface area contributed by atoms with Crippen molar-refractivity contribution in [2.45, 2.75) is 32.2 Å². The second-order valence-corrected chi connectivity index (χ2v) is 5.98. The van der Waals surface area contributed by atoms with Crippen LogP contribution in [0, 0.1) is 6.92 Å². The highest BCUT2D eigenvalue weighted by Crippen LogP contribution is 2.29. The molecule has 0 saturated heterocycles. The van der Waals surface area contributed by atoms with Gasteiger partial charge in [-0.3, -0.25) is 9.48 Å². The van der Waals surface area contributed by atoms with Gasteiger partial charge < -0.3 is 10.4 Å². The second kappa shape index (κ2) is 5.87. The fourth-order valence-electron chi connectivity index (χ4n) is 3.14. The third-order valence-corrected chi connectivity index (χ3v) is 4.27. The van der Waals surface area contributed by atoms with Gasteiger partial charge in [0.25, 0.3) is 5.91 Å². The first-order chi connectivity index (χ1) is 11.0. The number of carboxylic acid groups (broad SMARTS) is 1. The Hall–Kier alpha value is -2.63. The van der Waals surface area contributed by atoms with Crippen LogP contribution in [0.1, 0.15) is 56.4 Å². The number of carbonyl (C=O) groups excluding carboxylic acids is 1. The largest absolute Gasteiger partial charge is 0.478 e. The predicted octanol–water partition coefficient (Wildman–Crippen LogP) is 2.23. The minimum Gasteiger partial charge on any atom is -0.478 e. The van der Waals surface area contributed by atoms with Gasteiger partial charge in [0.1, 0.15) is 0 Å². The summed E-state index contributed by atoms with van der Waals surface area (Å²) in [6.45, 7) is 1.78. The van der Waals surface area contributed by atoms with Crippen LogP contribution in [0.3, 0.4) is 0 Å². The molecule has 23 heavy (non-hydrogen) atoms. The van der Waals surface area contributed by atoms with Crippen molar-refractivity contribution in [3.05, 3.63) is 52.3 Å². The Morgan fingerprint density at radius 1 is 1.30 bits per heavy atom. The molecule has 0 spiro atoms. The standard InChI is InChI=1S/C17H19N3O3/c1-10-6-11(8-12(7-10)17(22)23)16(21)19-14-4-3-5-15-13(14)9-18-20(15)2/h6-9,14H,3-5H2,1-2H3,(H,19,21)(H,22,23). The third-order valence-electron chi connectivity index (χ3n) is 4.27. The highest BCUT2D eigenvalue weighted by atomic mass is 16.4. The molecule has 6 nitrogen and oxygen atoms in total. The fraction of sp³-hybridized carbons (Fsp3) is 0.353. The summed E-state index contributed by atoms with van der Waals surface area (Å²) >= 11 is 0. The molecule has 3 rings (SSSR count). The Kier molecular flexibility index (Phi) is 3.90. The van der Waals surface area contributed by atoms with Gasteiger partial charge in [0, 0.05) is 23.9 Å². The van der Waals surface area contributed by atoms with Crippen molar-refractivity contribution >= 4 is 11.9 Å². The second-order valence-electron chi connectivity index (χ2n) is 5.98. The lowest BCUT2D eigenvalue weighted by molar-refractivity contribution is 0.0696. The lowest BCUT2D eigenvalue weighted by Crippen LogP contribution is -2.31. The number of aromatic carboxylic acids is 1. The van der Waals surface area contributed by atoms with Crippen LogP contribution in [0.4, 0.5) is 0 Å². The van der Waals surface area contributed by atoms with Crippen LogP contribution in [0.25, 0.3) is 0 Å². The maximum atomic E-state index is 12.5. The van der Waals surface area contributed by atoms with E-state index in [9.17, 15) is 9.59 Å². The number of rotatable bonds is 3. The Balaban J connectivity index is 1.84. The zero-order chi connectivity index (χ0) is 16.6. The maximum Gasteiger partial charge on any atom is 0.335 e. The van der Waals surface area contributed by atoms with E-state index in [1.807, 2.05) is 11.7 Å². The van der Waals surface area contributed by atoms with Crippen molar-refractivity contribution in [3.63, 3.8) is 0 Å². The minimum absolute atomic E-state index is 0.0752. The smallest absolute Gasteiger partial charge is 0.335 e. The third kappa shape index (κ3) is 2.97. The van der Waals surface area contributed by atoms with Crippen molar-refractivity contribution in [1.82, 2.24) is 15.1 Å². The number of hydrogen-bond donors (Lipinski definition) is 2. The van der Waals surface area contributed by atoms with E-state index in [1.54, 1.807) is 25.3 Å². The highest BCUT2D eigenvalue weighted by molar-refractivity contribution is 5.98. The van der Waals surface area contributed by atoms with E-state index in [2.05, 4.69) is 10.4 Å². The predicted molar refractivity (Wildman–Crippen MR) is 84.5 cm³/mol. The molecule has 0 bridgehead atoms. The van der Waals surface area contributed by atoms with Crippen LogP contribution in [0.15, 0.2) is 24.4 Å². The Morgan fingerprint density at radius 2 is 2.04 bits per heavy atom. The van der Waals surface area contributed by atoms with Gasteiger partial charge in [0.2, 0.25) is 0 Å². The van der Waals surface area contributed by atoms with E-state index in [1.165, 1.54) is 6.07 Å². The van der Waals surface area contributed by atoms with Gasteiger partial charge >= 0.3 is 5.97 Å². The van der Waals surface area contributed by atoms with Crippen LogP contribution in [0.2, 0.25) is 0 Å². The number of nitrogens with zero attached hydrogens (tertiary/aromatic N) is 2. The topological polar surface area (TPSA) is 84.2 Å². The van der Waals surface area contributed by atoms with E-state index in [0.717, 1.165) is 36.1 Å². The first-order valence-corrected chi connectivity index (χ1v) is 7.62. The first kappa shape index (κ1) is 15.3.